The van der Waals surface area contributed by atoms with E-state index in [1.54, 1.807) is 4.68 Å². The molecule has 0 saturated heterocycles. The van der Waals surface area contributed by atoms with Crippen molar-refractivity contribution in [1.29, 1.82) is 0 Å². The molecule has 0 bridgehead atoms. The summed E-state index contributed by atoms with van der Waals surface area (Å²) in [5.41, 5.74) is 0. The van der Waals surface area contributed by atoms with E-state index in [1.807, 2.05) is 27.0 Å². The Morgan fingerprint density at radius 3 is 2.56 bits per heavy atom. The molecule has 1 N–H and O–H groups in total. The van der Waals surface area contributed by atoms with E-state index >= 15 is 0 Å². The van der Waals surface area contributed by atoms with Gasteiger partial charge in [0, 0.05) is 19.0 Å². The molecule has 0 spiro atoms. The van der Waals surface area contributed by atoms with Crippen LogP contribution in [0.3, 0.4) is 0 Å². The lowest BCUT2D eigenvalue weighted by atomic mass is 10.3. The van der Waals surface area contributed by atoms with Crippen molar-refractivity contribution in [3.05, 3.63) is 23.5 Å². The van der Waals surface area contributed by atoms with Crippen molar-refractivity contribution in [1.82, 2.24) is 24.7 Å². The summed E-state index contributed by atoms with van der Waals surface area (Å²) >= 11 is 0. The number of nitrogens with zero attached hydrogens (tertiary/aromatic N) is 5. The Bertz CT molecular complexity index is 584. The van der Waals surface area contributed by atoms with Gasteiger partial charge in [-0.2, -0.15) is 4.68 Å². The first-order valence-electron chi connectivity index (χ1n) is 6.14. The molecule has 1 aliphatic carbocycles. The first-order valence-corrected chi connectivity index (χ1v) is 6.14. The third kappa shape index (κ3) is 1.94. The van der Waals surface area contributed by atoms with Crippen LogP contribution in [0.5, 0.6) is 0 Å². The van der Waals surface area contributed by atoms with Gasteiger partial charge in [-0.05, 0) is 26.7 Å². The zero-order chi connectivity index (χ0) is 12.7. The van der Waals surface area contributed by atoms with Crippen LogP contribution < -0.4 is 5.32 Å². The van der Waals surface area contributed by atoms with Crippen molar-refractivity contribution < 1.29 is 0 Å². The molecule has 18 heavy (non-hydrogen) atoms. The molecule has 0 radical (unpaired) electrons. The second kappa shape index (κ2) is 4.04. The smallest absolute Gasteiger partial charge is 0.161 e. The highest BCUT2D eigenvalue weighted by Gasteiger charge is 2.27. The van der Waals surface area contributed by atoms with E-state index < -0.39 is 0 Å². The van der Waals surface area contributed by atoms with Gasteiger partial charge in [0.2, 0.25) is 0 Å². The average molecular weight is 244 g/mol. The molecule has 1 fully saturated rings. The number of hydrogen-bond donors (Lipinski definition) is 1. The summed E-state index contributed by atoms with van der Waals surface area (Å²) in [6, 6.07) is 1.90. The third-order valence-corrected chi connectivity index (χ3v) is 3.02. The number of nitrogens with one attached hydrogen (secondary N) is 1. The van der Waals surface area contributed by atoms with Crippen LogP contribution in [0.15, 0.2) is 6.07 Å². The summed E-state index contributed by atoms with van der Waals surface area (Å²) in [6.07, 6.45) is 2.37. The van der Waals surface area contributed by atoms with Gasteiger partial charge in [0.1, 0.15) is 23.3 Å². The molecule has 3 rings (SSSR count). The Morgan fingerprint density at radius 1 is 1.22 bits per heavy atom. The summed E-state index contributed by atoms with van der Waals surface area (Å²) in [5.74, 6) is 4.63. The van der Waals surface area contributed by atoms with Gasteiger partial charge in [-0.3, -0.25) is 0 Å². The minimum Gasteiger partial charge on any atom is -0.373 e. The normalized spacial score (nSPS) is 14.8. The number of anilines is 1. The Balaban J connectivity index is 2.10. The van der Waals surface area contributed by atoms with Crippen molar-refractivity contribution in [2.75, 3.05) is 12.4 Å². The average Bonchev–Trinajstić information content (AvgIpc) is 3.14. The fourth-order valence-corrected chi connectivity index (χ4v) is 1.95. The molecule has 0 amide bonds. The van der Waals surface area contributed by atoms with E-state index in [-0.39, 0.29) is 0 Å². The lowest BCUT2D eigenvalue weighted by Crippen LogP contribution is -2.07. The van der Waals surface area contributed by atoms with Gasteiger partial charge in [-0.1, -0.05) is 0 Å². The summed E-state index contributed by atoms with van der Waals surface area (Å²) in [4.78, 5) is 13.4. The lowest BCUT2D eigenvalue weighted by Gasteiger charge is -2.07. The standard InChI is InChI=1S/C12H16N6/c1-7-14-8(2)18(17-7)11-6-10(13-3)15-12(16-11)9-4-5-9/h6,9H,4-5H2,1-3H3,(H,13,15,16). The lowest BCUT2D eigenvalue weighted by molar-refractivity contribution is 0.779. The third-order valence-electron chi connectivity index (χ3n) is 3.02. The van der Waals surface area contributed by atoms with Gasteiger partial charge >= 0.3 is 0 Å². The van der Waals surface area contributed by atoms with Crippen molar-refractivity contribution >= 4 is 5.82 Å². The SMILES string of the molecule is CNc1cc(-n2nc(C)nc2C)nc(C2CC2)n1. The van der Waals surface area contributed by atoms with Crippen LogP contribution in [-0.2, 0) is 0 Å². The van der Waals surface area contributed by atoms with Gasteiger partial charge in [0.05, 0.1) is 0 Å². The number of hydrogen-bond acceptors (Lipinski definition) is 5. The van der Waals surface area contributed by atoms with E-state index in [2.05, 4.69) is 25.4 Å². The summed E-state index contributed by atoms with van der Waals surface area (Å²) in [5, 5.41) is 7.44. The Labute approximate surface area is 105 Å². The van der Waals surface area contributed by atoms with Gasteiger partial charge in [-0.15, -0.1) is 5.10 Å². The van der Waals surface area contributed by atoms with E-state index in [9.17, 15) is 0 Å². The second-order valence-electron chi connectivity index (χ2n) is 4.61. The Kier molecular flexibility index (Phi) is 2.50. The molecule has 1 saturated carbocycles. The fraction of sp³-hybridized carbons (Fsp3) is 0.500. The molecule has 2 aromatic rings. The highest BCUT2D eigenvalue weighted by atomic mass is 15.4. The Hall–Kier alpha value is -1.98. The number of rotatable bonds is 3. The molecule has 0 unspecified atom stereocenters. The zero-order valence-electron chi connectivity index (χ0n) is 10.8. The topological polar surface area (TPSA) is 68.5 Å². The largest absolute Gasteiger partial charge is 0.373 e. The van der Waals surface area contributed by atoms with Crippen molar-refractivity contribution in [3.63, 3.8) is 0 Å². The van der Waals surface area contributed by atoms with E-state index in [0.717, 1.165) is 29.1 Å². The van der Waals surface area contributed by atoms with Crippen LogP contribution in [0.1, 0.15) is 36.2 Å². The van der Waals surface area contributed by atoms with Crippen molar-refractivity contribution in [3.8, 4) is 5.82 Å². The maximum absolute atomic E-state index is 4.60. The zero-order valence-corrected chi connectivity index (χ0v) is 10.8. The van der Waals surface area contributed by atoms with Crippen molar-refractivity contribution in [2.24, 2.45) is 0 Å². The summed E-state index contributed by atoms with van der Waals surface area (Å²) in [7, 11) is 1.86. The molecular weight excluding hydrogens is 228 g/mol. The molecule has 2 heterocycles. The van der Waals surface area contributed by atoms with Gasteiger partial charge in [-0.25, -0.2) is 15.0 Å². The van der Waals surface area contributed by atoms with Crippen LogP contribution in [0, 0.1) is 13.8 Å². The summed E-state index contributed by atoms with van der Waals surface area (Å²) in [6.45, 7) is 3.81. The Morgan fingerprint density at radius 2 is 2.00 bits per heavy atom. The van der Waals surface area contributed by atoms with Crippen LogP contribution in [-0.4, -0.2) is 31.8 Å². The number of aromatic nitrogens is 5. The quantitative estimate of drug-likeness (QED) is 0.888. The van der Waals surface area contributed by atoms with Crippen LogP contribution in [0.2, 0.25) is 0 Å². The van der Waals surface area contributed by atoms with E-state index in [0.29, 0.717) is 5.92 Å². The van der Waals surface area contributed by atoms with Crippen molar-refractivity contribution in [2.45, 2.75) is 32.6 Å². The molecule has 94 valence electrons. The molecule has 2 aromatic heterocycles. The molecule has 0 aromatic carbocycles. The van der Waals surface area contributed by atoms with Crippen LogP contribution in [0.4, 0.5) is 5.82 Å². The molecular formula is C12H16N6. The maximum Gasteiger partial charge on any atom is 0.161 e. The van der Waals surface area contributed by atoms with Crippen LogP contribution >= 0.6 is 0 Å². The van der Waals surface area contributed by atoms with Gasteiger partial charge in [0.15, 0.2) is 5.82 Å². The molecule has 6 heteroatoms. The molecule has 0 atom stereocenters. The number of aryl methyl sites for hydroxylation is 2. The minimum atomic E-state index is 0.516. The molecule has 1 aliphatic rings. The monoisotopic (exact) mass is 244 g/mol. The fourth-order valence-electron chi connectivity index (χ4n) is 1.95. The summed E-state index contributed by atoms with van der Waals surface area (Å²) < 4.78 is 1.77. The first kappa shape index (κ1) is 11.1. The minimum absolute atomic E-state index is 0.516. The molecule has 6 nitrogen and oxygen atoms in total. The van der Waals surface area contributed by atoms with Gasteiger partial charge in [0.25, 0.3) is 0 Å². The first-order chi connectivity index (χ1) is 8.67. The maximum atomic E-state index is 4.60. The van der Waals surface area contributed by atoms with Gasteiger partial charge < -0.3 is 5.32 Å². The molecule has 0 aliphatic heterocycles. The second-order valence-corrected chi connectivity index (χ2v) is 4.61. The highest BCUT2D eigenvalue weighted by Crippen LogP contribution is 2.38. The van der Waals surface area contributed by atoms with E-state index in [4.69, 9.17) is 0 Å². The predicted molar refractivity (Wildman–Crippen MR) is 67.9 cm³/mol. The highest BCUT2D eigenvalue weighted by molar-refractivity contribution is 5.42. The van der Waals surface area contributed by atoms with E-state index in [1.165, 1.54) is 12.8 Å². The predicted octanol–water partition coefficient (Wildman–Crippen LogP) is 1.59. The van der Waals surface area contributed by atoms with Crippen LogP contribution in [0.25, 0.3) is 5.82 Å².